The highest BCUT2D eigenvalue weighted by Gasteiger charge is 2.58. The van der Waals surface area contributed by atoms with Crippen molar-refractivity contribution in [3.05, 3.63) is 65.7 Å². The number of nitrogens with one attached hydrogen (secondary N) is 3. The first-order valence-corrected chi connectivity index (χ1v) is 15.4. The van der Waals surface area contributed by atoms with Gasteiger partial charge < -0.3 is 20.1 Å². The van der Waals surface area contributed by atoms with E-state index in [1.165, 1.54) is 12.1 Å². The maximum atomic E-state index is 15.4. The maximum Gasteiger partial charge on any atom is 0.416 e. The topological polar surface area (TPSA) is 122 Å². The fourth-order valence-corrected chi connectivity index (χ4v) is 7.10. The first-order valence-electron chi connectivity index (χ1n) is 15.4. The highest BCUT2D eigenvalue weighted by Crippen LogP contribution is 2.57. The molecular formula is C31H32F4N8O3. The minimum Gasteiger partial charge on any atom is -0.488 e. The molecule has 15 heteroatoms. The van der Waals surface area contributed by atoms with Crippen LogP contribution in [0.4, 0.5) is 34.1 Å². The molecule has 3 N–H and O–H groups in total. The van der Waals surface area contributed by atoms with E-state index in [9.17, 15) is 18.0 Å². The summed E-state index contributed by atoms with van der Waals surface area (Å²) in [6, 6.07) is 8.24. The first kappa shape index (κ1) is 29.0. The lowest BCUT2D eigenvalue weighted by Crippen LogP contribution is -2.68. The Morgan fingerprint density at radius 1 is 1.11 bits per heavy atom. The summed E-state index contributed by atoms with van der Waals surface area (Å²) in [5.74, 6) is 1.60. The Morgan fingerprint density at radius 3 is 2.61 bits per heavy atom. The van der Waals surface area contributed by atoms with Gasteiger partial charge in [0.15, 0.2) is 5.82 Å². The van der Waals surface area contributed by atoms with Crippen molar-refractivity contribution >= 4 is 23.5 Å². The minimum absolute atomic E-state index is 0.115. The number of aromatic amines is 1. The van der Waals surface area contributed by atoms with Crippen molar-refractivity contribution in [2.24, 2.45) is 5.92 Å². The van der Waals surface area contributed by atoms with Gasteiger partial charge in [0.05, 0.1) is 11.3 Å². The summed E-state index contributed by atoms with van der Waals surface area (Å²) in [5, 5.41) is 13.4. The van der Waals surface area contributed by atoms with Gasteiger partial charge in [-0.25, -0.2) is 19.2 Å². The van der Waals surface area contributed by atoms with E-state index in [1.54, 1.807) is 18.3 Å². The van der Waals surface area contributed by atoms with Crippen LogP contribution in [-0.4, -0.2) is 72.6 Å². The molecule has 11 nitrogen and oxygen atoms in total. The number of benzene rings is 1. The molecule has 1 amide bonds. The van der Waals surface area contributed by atoms with Crippen LogP contribution >= 0.6 is 0 Å². The van der Waals surface area contributed by atoms with Gasteiger partial charge in [0.1, 0.15) is 29.8 Å². The van der Waals surface area contributed by atoms with Gasteiger partial charge in [0.2, 0.25) is 5.95 Å². The lowest BCUT2D eigenvalue weighted by molar-refractivity contribution is -0.137. The highest BCUT2D eigenvalue weighted by atomic mass is 19.4. The molecule has 3 atom stereocenters. The van der Waals surface area contributed by atoms with Crippen LogP contribution in [0.2, 0.25) is 0 Å². The monoisotopic (exact) mass is 640 g/mol. The Morgan fingerprint density at radius 2 is 1.89 bits per heavy atom. The Kier molecular flexibility index (Phi) is 6.85. The minimum atomic E-state index is -4.38. The first-order chi connectivity index (χ1) is 22.1. The summed E-state index contributed by atoms with van der Waals surface area (Å²) in [7, 11) is 0. The molecule has 0 radical (unpaired) electrons. The van der Waals surface area contributed by atoms with E-state index >= 15 is 4.39 Å². The number of hydrogen-bond acceptors (Lipinski definition) is 8. The lowest BCUT2D eigenvalue weighted by Gasteiger charge is -2.61. The fourth-order valence-electron chi connectivity index (χ4n) is 7.10. The quantitative estimate of drug-likeness (QED) is 0.210. The van der Waals surface area contributed by atoms with Crippen LogP contribution in [0.25, 0.3) is 5.65 Å². The average Bonchev–Trinajstić information content (AvgIpc) is 3.68. The molecule has 4 aromatic rings. The Hall–Kier alpha value is -4.40. The standard InChI is InChI=1S/C31H32F4N8O3/c32-27-22(5-6-24(27)46-29(44)39-30-10-17(11-30)12-30)23-9-25(41-40-23)38-28-36-8-7-26-37-19(14-43(26)28)13-42-15-21(16-42)45-20-3-1-18(2-4-20)31(33,34)35/h1-4,7-9,14,17,21-22,24,27H,5-6,10-13,15-16H2,(H,39,44)(H2,36,38,40,41)/t17?,22-,24-,27+,30?/m1/s1. The summed E-state index contributed by atoms with van der Waals surface area (Å²) >= 11 is 0. The van der Waals surface area contributed by atoms with Crippen LogP contribution in [0.1, 0.15) is 55.0 Å². The number of fused-ring (bicyclic) bond motifs is 1. The smallest absolute Gasteiger partial charge is 0.416 e. The van der Waals surface area contributed by atoms with Crippen molar-refractivity contribution in [3.63, 3.8) is 0 Å². The number of amides is 1. The Labute approximate surface area is 260 Å². The van der Waals surface area contributed by atoms with Gasteiger partial charge in [0, 0.05) is 55.2 Å². The van der Waals surface area contributed by atoms with E-state index in [2.05, 4.69) is 30.7 Å². The Balaban J connectivity index is 0.850. The van der Waals surface area contributed by atoms with Crippen molar-refractivity contribution in [2.75, 3.05) is 18.4 Å². The third-order valence-electron chi connectivity index (χ3n) is 9.63. The number of carbonyl (C=O) groups excluding carboxylic acids is 1. The molecule has 46 heavy (non-hydrogen) atoms. The van der Waals surface area contributed by atoms with Gasteiger partial charge in [-0.2, -0.15) is 18.3 Å². The van der Waals surface area contributed by atoms with Crippen LogP contribution in [0.15, 0.2) is 48.8 Å². The zero-order chi connectivity index (χ0) is 31.6. The van der Waals surface area contributed by atoms with Crippen LogP contribution < -0.4 is 15.4 Å². The summed E-state index contributed by atoms with van der Waals surface area (Å²) in [6.45, 7) is 1.79. The maximum absolute atomic E-state index is 15.4. The molecule has 242 valence electrons. The third-order valence-corrected chi connectivity index (χ3v) is 9.63. The number of hydrogen-bond donors (Lipinski definition) is 3. The van der Waals surface area contributed by atoms with Crippen molar-refractivity contribution in [3.8, 4) is 5.75 Å². The molecule has 3 aromatic heterocycles. The van der Waals surface area contributed by atoms with E-state index in [-0.39, 0.29) is 11.6 Å². The second-order valence-electron chi connectivity index (χ2n) is 13.0. The van der Waals surface area contributed by atoms with Gasteiger partial charge in [-0.1, -0.05) is 0 Å². The van der Waals surface area contributed by atoms with Crippen LogP contribution in [0.5, 0.6) is 5.75 Å². The number of nitrogens with zero attached hydrogens (tertiary/aromatic N) is 5. The molecule has 4 heterocycles. The number of carbonyl (C=O) groups is 1. The number of alkyl carbamates (subject to hydrolysis) is 1. The van der Waals surface area contributed by atoms with Crippen molar-refractivity contribution in [1.29, 1.82) is 0 Å². The molecular weight excluding hydrogens is 608 g/mol. The van der Waals surface area contributed by atoms with E-state index in [1.807, 2.05) is 10.6 Å². The number of imidazole rings is 1. The van der Waals surface area contributed by atoms with Crippen LogP contribution in [0, 0.1) is 5.92 Å². The predicted octanol–water partition coefficient (Wildman–Crippen LogP) is 5.34. The number of aromatic nitrogens is 5. The van der Waals surface area contributed by atoms with E-state index in [0.717, 1.165) is 43.0 Å². The molecule has 9 rings (SSSR count). The van der Waals surface area contributed by atoms with E-state index < -0.39 is 36.0 Å². The van der Waals surface area contributed by atoms with Gasteiger partial charge >= 0.3 is 12.3 Å². The molecule has 2 bridgehead atoms. The zero-order valence-corrected chi connectivity index (χ0v) is 24.6. The average molecular weight is 641 g/mol. The summed E-state index contributed by atoms with van der Waals surface area (Å²) in [5.41, 5.74) is 1.28. The van der Waals surface area contributed by atoms with Crippen LogP contribution in [-0.2, 0) is 17.5 Å². The summed E-state index contributed by atoms with van der Waals surface area (Å²) < 4.78 is 66.8. The predicted molar refractivity (Wildman–Crippen MR) is 156 cm³/mol. The molecule has 0 unspecified atom stereocenters. The number of ether oxygens (including phenoxy) is 2. The highest BCUT2D eigenvalue weighted by molar-refractivity contribution is 5.69. The second kappa shape index (κ2) is 10.9. The number of H-pyrrole nitrogens is 1. The molecule has 1 aromatic carbocycles. The van der Waals surface area contributed by atoms with Gasteiger partial charge in [-0.3, -0.25) is 14.4 Å². The largest absolute Gasteiger partial charge is 0.488 e. The second-order valence-corrected chi connectivity index (χ2v) is 13.0. The number of anilines is 2. The van der Waals surface area contributed by atoms with Crippen molar-refractivity contribution in [1.82, 2.24) is 34.8 Å². The van der Waals surface area contributed by atoms with Crippen LogP contribution in [0.3, 0.4) is 0 Å². The number of likely N-dealkylation sites (tertiary alicyclic amines) is 1. The molecule has 5 aliphatic rings. The van der Waals surface area contributed by atoms with E-state index in [0.29, 0.717) is 61.3 Å². The molecule has 0 spiro atoms. The van der Waals surface area contributed by atoms with Gasteiger partial charge in [-0.15, -0.1) is 0 Å². The van der Waals surface area contributed by atoms with E-state index in [4.69, 9.17) is 14.5 Å². The molecule has 4 saturated carbocycles. The molecule has 5 fully saturated rings. The Bertz CT molecular complexity index is 1740. The van der Waals surface area contributed by atoms with Gasteiger partial charge in [-0.05, 0) is 68.4 Å². The summed E-state index contributed by atoms with van der Waals surface area (Å²) in [4.78, 5) is 23.6. The van der Waals surface area contributed by atoms with Gasteiger partial charge in [0.25, 0.3) is 0 Å². The lowest BCUT2D eigenvalue weighted by atomic mass is 9.50. The zero-order valence-electron chi connectivity index (χ0n) is 24.6. The number of halogens is 4. The SMILES string of the molecule is O=C(NC12CC(C1)C2)O[C@@H]1CC[C@H](c2cc(Nc3nccc4nc(CN5CC(Oc6ccc(C(F)(F)F)cc6)C5)cn34)n[nH]2)[C@@H]1F. The fraction of sp³-hybridized carbons (Fsp3) is 0.484. The third kappa shape index (κ3) is 5.50. The normalized spacial score (nSPS) is 27.5. The summed E-state index contributed by atoms with van der Waals surface area (Å²) in [6.07, 6.45) is 0.279. The van der Waals surface area contributed by atoms with Crippen molar-refractivity contribution in [2.45, 2.75) is 74.7 Å². The molecule has 1 saturated heterocycles. The number of rotatable bonds is 9. The molecule has 1 aliphatic heterocycles. The molecule has 4 aliphatic carbocycles. The number of alkyl halides is 4. The van der Waals surface area contributed by atoms with Crippen molar-refractivity contribution < 1.29 is 31.8 Å².